The van der Waals surface area contributed by atoms with Crippen molar-refractivity contribution in [2.24, 2.45) is 0 Å². The lowest BCUT2D eigenvalue weighted by Gasteiger charge is -2.08. The van der Waals surface area contributed by atoms with Crippen LogP contribution in [0.25, 0.3) is 0 Å². The van der Waals surface area contributed by atoms with Gasteiger partial charge in [-0.05, 0) is 30.7 Å². The molecule has 0 atom stereocenters. The summed E-state index contributed by atoms with van der Waals surface area (Å²) < 4.78 is 50.2. The average Bonchev–Trinajstić information content (AvgIpc) is 2.37. The molecule has 0 unspecified atom stereocenters. The molecule has 7 nitrogen and oxygen atoms in total. The van der Waals surface area contributed by atoms with Gasteiger partial charge in [0.2, 0.25) is 20.0 Å². The summed E-state index contributed by atoms with van der Waals surface area (Å²) in [6.07, 6.45) is 1.43. The van der Waals surface area contributed by atoms with Crippen LogP contribution in [0.15, 0.2) is 29.2 Å². The van der Waals surface area contributed by atoms with Crippen LogP contribution < -0.4 is 14.8 Å². The van der Waals surface area contributed by atoms with Crippen molar-refractivity contribution in [2.75, 3.05) is 31.7 Å². The van der Waals surface area contributed by atoms with Crippen LogP contribution in [0.5, 0.6) is 0 Å². The van der Waals surface area contributed by atoms with Gasteiger partial charge in [0.1, 0.15) is 0 Å². The molecule has 0 bridgehead atoms. The Hall–Kier alpha value is -1.16. The van der Waals surface area contributed by atoms with Gasteiger partial charge in [0.25, 0.3) is 0 Å². The standard InChI is InChI=1S/C11H19N3O4S2/c1-12-10-4-6-11(7-5-10)20(17,18)14-9-3-8-13-19(2,15)16/h4-7,12-14H,3,8-9H2,1-2H3. The highest BCUT2D eigenvalue weighted by molar-refractivity contribution is 7.89. The number of hydrogen-bond donors (Lipinski definition) is 3. The van der Waals surface area contributed by atoms with E-state index in [1.165, 1.54) is 12.1 Å². The van der Waals surface area contributed by atoms with Gasteiger partial charge in [-0.3, -0.25) is 0 Å². The quantitative estimate of drug-likeness (QED) is 0.582. The second kappa shape index (κ2) is 7.02. The van der Waals surface area contributed by atoms with Crippen LogP contribution in [-0.2, 0) is 20.0 Å². The zero-order chi connectivity index (χ0) is 15.2. The summed E-state index contributed by atoms with van der Waals surface area (Å²) >= 11 is 0. The molecule has 0 saturated heterocycles. The van der Waals surface area contributed by atoms with E-state index in [2.05, 4.69) is 14.8 Å². The van der Waals surface area contributed by atoms with Crippen molar-refractivity contribution in [3.05, 3.63) is 24.3 Å². The van der Waals surface area contributed by atoms with Gasteiger partial charge in [0.05, 0.1) is 11.2 Å². The third-order valence-corrected chi connectivity index (χ3v) is 4.67. The van der Waals surface area contributed by atoms with Crippen molar-refractivity contribution in [1.29, 1.82) is 0 Å². The lowest BCUT2D eigenvalue weighted by atomic mass is 10.3. The summed E-state index contributed by atoms with van der Waals surface area (Å²) in [5.41, 5.74) is 0.821. The van der Waals surface area contributed by atoms with E-state index >= 15 is 0 Å². The first-order valence-corrected chi connectivity index (χ1v) is 9.34. The van der Waals surface area contributed by atoms with E-state index in [0.29, 0.717) is 6.42 Å². The lowest BCUT2D eigenvalue weighted by Crippen LogP contribution is -2.29. The first-order chi connectivity index (χ1) is 9.24. The van der Waals surface area contributed by atoms with E-state index in [1.807, 2.05) is 0 Å². The molecule has 1 rings (SSSR count). The Bertz CT molecular complexity index is 624. The molecule has 114 valence electrons. The van der Waals surface area contributed by atoms with Gasteiger partial charge < -0.3 is 5.32 Å². The molecule has 0 aliphatic rings. The fourth-order valence-corrected chi connectivity index (χ4v) is 3.03. The third-order valence-electron chi connectivity index (χ3n) is 2.46. The molecule has 0 heterocycles. The molecule has 1 aromatic rings. The van der Waals surface area contributed by atoms with Crippen LogP contribution in [0.3, 0.4) is 0 Å². The number of rotatable bonds is 8. The smallest absolute Gasteiger partial charge is 0.240 e. The molecule has 0 aliphatic carbocycles. The monoisotopic (exact) mass is 321 g/mol. The predicted molar refractivity (Wildman–Crippen MR) is 78.6 cm³/mol. The second-order valence-corrected chi connectivity index (χ2v) is 7.79. The van der Waals surface area contributed by atoms with Crippen molar-refractivity contribution < 1.29 is 16.8 Å². The molecule has 20 heavy (non-hydrogen) atoms. The van der Waals surface area contributed by atoms with Crippen molar-refractivity contribution in [2.45, 2.75) is 11.3 Å². The fraction of sp³-hybridized carbons (Fsp3) is 0.455. The second-order valence-electron chi connectivity index (χ2n) is 4.19. The van der Waals surface area contributed by atoms with Gasteiger partial charge in [0.15, 0.2) is 0 Å². The summed E-state index contributed by atoms with van der Waals surface area (Å²) in [4.78, 5) is 0.174. The van der Waals surface area contributed by atoms with Gasteiger partial charge in [0, 0.05) is 25.8 Å². The SMILES string of the molecule is CNc1ccc(S(=O)(=O)NCCCNS(C)(=O)=O)cc1. The molecule has 0 radical (unpaired) electrons. The number of hydrogen-bond acceptors (Lipinski definition) is 5. The van der Waals surface area contributed by atoms with E-state index < -0.39 is 20.0 Å². The Morgan fingerprint density at radius 1 is 0.950 bits per heavy atom. The van der Waals surface area contributed by atoms with E-state index in [4.69, 9.17) is 0 Å². The molecule has 3 N–H and O–H groups in total. The predicted octanol–water partition coefficient (Wildman–Crippen LogP) is -0.0541. The molecule has 0 aromatic heterocycles. The Morgan fingerprint density at radius 3 is 2.00 bits per heavy atom. The molecule has 9 heteroatoms. The fourth-order valence-electron chi connectivity index (χ4n) is 1.44. The largest absolute Gasteiger partial charge is 0.388 e. The highest BCUT2D eigenvalue weighted by atomic mass is 32.2. The number of anilines is 1. The number of nitrogens with one attached hydrogen (secondary N) is 3. The van der Waals surface area contributed by atoms with Crippen LogP contribution in [0.1, 0.15) is 6.42 Å². The summed E-state index contributed by atoms with van der Waals surface area (Å²) in [5, 5.41) is 2.90. The minimum atomic E-state index is -3.56. The van der Waals surface area contributed by atoms with E-state index in [9.17, 15) is 16.8 Å². The van der Waals surface area contributed by atoms with Crippen LogP contribution in [0.2, 0.25) is 0 Å². The Labute approximate surface area is 119 Å². The summed E-state index contributed by atoms with van der Waals surface area (Å²) in [7, 11) is -5.04. The molecular formula is C11H19N3O4S2. The summed E-state index contributed by atoms with van der Waals surface area (Å²) in [6.45, 7) is 0.360. The highest BCUT2D eigenvalue weighted by Crippen LogP contribution is 2.13. The van der Waals surface area contributed by atoms with Gasteiger partial charge in [-0.25, -0.2) is 26.3 Å². The first-order valence-electron chi connectivity index (χ1n) is 5.97. The molecule has 0 amide bonds. The minimum absolute atomic E-state index is 0.165. The Kier molecular flexibility index (Phi) is 5.93. The van der Waals surface area contributed by atoms with Gasteiger partial charge in [-0.15, -0.1) is 0 Å². The first kappa shape index (κ1) is 16.9. The maximum atomic E-state index is 11.9. The van der Waals surface area contributed by atoms with Crippen molar-refractivity contribution in [1.82, 2.24) is 9.44 Å². The van der Waals surface area contributed by atoms with Crippen LogP contribution in [0, 0.1) is 0 Å². The van der Waals surface area contributed by atoms with Gasteiger partial charge >= 0.3 is 0 Å². The molecule has 0 spiro atoms. The summed E-state index contributed by atoms with van der Waals surface area (Å²) in [6, 6.07) is 6.34. The molecule has 0 saturated carbocycles. The molecule has 0 aliphatic heterocycles. The normalized spacial score (nSPS) is 12.3. The Balaban J connectivity index is 2.49. The molecule has 1 aromatic carbocycles. The number of sulfonamides is 2. The average molecular weight is 321 g/mol. The maximum Gasteiger partial charge on any atom is 0.240 e. The summed E-state index contributed by atoms with van der Waals surface area (Å²) in [5.74, 6) is 0. The minimum Gasteiger partial charge on any atom is -0.388 e. The lowest BCUT2D eigenvalue weighted by molar-refractivity contribution is 0.575. The zero-order valence-corrected chi connectivity index (χ0v) is 13.0. The van der Waals surface area contributed by atoms with E-state index in [0.717, 1.165) is 11.9 Å². The van der Waals surface area contributed by atoms with Crippen molar-refractivity contribution >= 4 is 25.7 Å². The van der Waals surface area contributed by atoms with Crippen molar-refractivity contribution in [3.8, 4) is 0 Å². The third kappa shape index (κ3) is 5.87. The van der Waals surface area contributed by atoms with E-state index in [-0.39, 0.29) is 18.0 Å². The Morgan fingerprint density at radius 2 is 1.50 bits per heavy atom. The maximum absolute atomic E-state index is 11.9. The van der Waals surface area contributed by atoms with Crippen LogP contribution in [0.4, 0.5) is 5.69 Å². The van der Waals surface area contributed by atoms with E-state index in [1.54, 1.807) is 19.2 Å². The topological polar surface area (TPSA) is 104 Å². The highest BCUT2D eigenvalue weighted by Gasteiger charge is 2.12. The van der Waals surface area contributed by atoms with Gasteiger partial charge in [-0.1, -0.05) is 0 Å². The van der Waals surface area contributed by atoms with Crippen LogP contribution >= 0.6 is 0 Å². The van der Waals surface area contributed by atoms with Gasteiger partial charge in [-0.2, -0.15) is 0 Å². The van der Waals surface area contributed by atoms with Crippen molar-refractivity contribution in [3.63, 3.8) is 0 Å². The number of benzene rings is 1. The molecule has 0 fully saturated rings. The zero-order valence-electron chi connectivity index (χ0n) is 11.4. The molecular weight excluding hydrogens is 302 g/mol. The van der Waals surface area contributed by atoms with Crippen LogP contribution in [-0.4, -0.2) is 43.2 Å².